The van der Waals surface area contributed by atoms with E-state index in [-0.39, 0.29) is 29.7 Å². The van der Waals surface area contributed by atoms with Crippen LogP contribution in [0, 0.1) is 6.92 Å². The molecule has 5 nitrogen and oxygen atoms in total. The van der Waals surface area contributed by atoms with Crippen molar-refractivity contribution in [1.82, 2.24) is 15.6 Å². The molecule has 25 heavy (non-hydrogen) atoms. The number of para-hydroxylation sites is 1. The van der Waals surface area contributed by atoms with Gasteiger partial charge in [0.15, 0.2) is 5.96 Å². The summed E-state index contributed by atoms with van der Waals surface area (Å²) in [6.07, 6.45) is 2.65. The molecule has 0 aliphatic carbocycles. The zero-order valence-electron chi connectivity index (χ0n) is 14.0. The lowest BCUT2D eigenvalue weighted by Gasteiger charge is -2.14. The van der Waals surface area contributed by atoms with Crippen LogP contribution in [-0.4, -0.2) is 31.1 Å². The first-order chi connectivity index (χ1) is 11.6. The largest absolute Gasteiger partial charge is 0.434 e. The SMILES string of the molecule is CN=C(NCCc1ncc(C)s1)NCc1ccccc1OC(F)F.I. The fourth-order valence-electron chi connectivity index (χ4n) is 2.07. The van der Waals surface area contributed by atoms with Crippen LogP contribution in [0.5, 0.6) is 5.75 Å². The number of thiazole rings is 1. The van der Waals surface area contributed by atoms with Gasteiger partial charge in [-0.25, -0.2) is 4.98 Å². The Labute approximate surface area is 166 Å². The molecule has 138 valence electrons. The molecule has 2 N–H and O–H groups in total. The lowest BCUT2D eigenvalue weighted by atomic mass is 10.2. The number of aryl methyl sites for hydroxylation is 1. The maximum atomic E-state index is 12.4. The third-order valence-corrected chi connectivity index (χ3v) is 4.13. The molecular formula is C16H21F2IN4OS. The second-order valence-electron chi connectivity index (χ2n) is 4.95. The Hall–Kier alpha value is -1.49. The van der Waals surface area contributed by atoms with E-state index < -0.39 is 6.61 Å². The average molecular weight is 482 g/mol. The van der Waals surface area contributed by atoms with Gasteiger partial charge in [-0.3, -0.25) is 4.99 Å². The maximum Gasteiger partial charge on any atom is 0.387 e. The van der Waals surface area contributed by atoms with E-state index in [1.165, 1.54) is 10.9 Å². The molecule has 0 unspecified atom stereocenters. The number of rotatable bonds is 7. The molecule has 1 heterocycles. The van der Waals surface area contributed by atoms with Crippen LogP contribution in [0.2, 0.25) is 0 Å². The Morgan fingerprint density at radius 1 is 1.32 bits per heavy atom. The zero-order chi connectivity index (χ0) is 17.4. The number of halogens is 3. The summed E-state index contributed by atoms with van der Waals surface area (Å²) in [6, 6.07) is 6.68. The quantitative estimate of drug-likeness (QED) is 0.360. The van der Waals surface area contributed by atoms with E-state index in [0.717, 1.165) is 11.4 Å². The topological polar surface area (TPSA) is 58.5 Å². The summed E-state index contributed by atoms with van der Waals surface area (Å²) in [5.41, 5.74) is 0.635. The van der Waals surface area contributed by atoms with E-state index in [2.05, 4.69) is 25.3 Å². The number of aromatic nitrogens is 1. The standard InChI is InChI=1S/C16H20F2N4OS.HI/c1-11-9-21-14(24-11)7-8-20-16(19-2)22-10-12-5-3-4-6-13(12)23-15(17)18;/h3-6,9,15H,7-8,10H2,1-2H3,(H2,19,20,22);1H. The zero-order valence-corrected chi connectivity index (χ0v) is 17.1. The second kappa shape index (κ2) is 11.2. The molecule has 0 aliphatic heterocycles. The van der Waals surface area contributed by atoms with Gasteiger partial charge in [-0.05, 0) is 13.0 Å². The molecule has 0 fully saturated rings. The molecule has 9 heteroatoms. The average Bonchev–Trinajstić information content (AvgIpc) is 2.97. The van der Waals surface area contributed by atoms with Crippen LogP contribution in [0.4, 0.5) is 8.78 Å². The van der Waals surface area contributed by atoms with Crippen LogP contribution in [0.15, 0.2) is 35.5 Å². The third kappa shape index (κ3) is 7.51. The van der Waals surface area contributed by atoms with Crippen molar-refractivity contribution < 1.29 is 13.5 Å². The van der Waals surface area contributed by atoms with Crippen molar-refractivity contribution in [2.45, 2.75) is 26.5 Å². The molecule has 1 aromatic heterocycles. The van der Waals surface area contributed by atoms with Crippen LogP contribution in [0.1, 0.15) is 15.4 Å². The van der Waals surface area contributed by atoms with Gasteiger partial charge < -0.3 is 15.4 Å². The Morgan fingerprint density at radius 2 is 2.08 bits per heavy atom. The molecule has 0 bridgehead atoms. The van der Waals surface area contributed by atoms with Crippen molar-refractivity contribution >= 4 is 41.3 Å². The number of hydrogen-bond acceptors (Lipinski definition) is 4. The summed E-state index contributed by atoms with van der Waals surface area (Å²) >= 11 is 1.67. The minimum absolute atomic E-state index is 0. The Kier molecular flexibility index (Phi) is 9.65. The highest BCUT2D eigenvalue weighted by Gasteiger charge is 2.09. The normalized spacial score (nSPS) is 11.2. The Balaban J connectivity index is 0.00000312. The van der Waals surface area contributed by atoms with E-state index in [1.807, 2.05) is 13.1 Å². The molecule has 0 radical (unpaired) electrons. The predicted molar refractivity (Wildman–Crippen MR) is 107 cm³/mol. The molecule has 2 aromatic rings. The van der Waals surface area contributed by atoms with Gasteiger partial charge in [0.05, 0.1) is 5.01 Å². The van der Waals surface area contributed by atoms with Crippen LogP contribution in [-0.2, 0) is 13.0 Å². The highest BCUT2D eigenvalue weighted by atomic mass is 127. The van der Waals surface area contributed by atoms with E-state index in [4.69, 9.17) is 0 Å². The number of ether oxygens (including phenoxy) is 1. The van der Waals surface area contributed by atoms with Gasteiger partial charge in [0, 0.05) is 43.2 Å². The van der Waals surface area contributed by atoms with Crippen molar-refractivity contribution in [2.75, 3.05) is 13.6 Å². The first kappa shape index (κ1) is 21.6. The number of aliphatic imine (C=N–C) groups is 1. The van der Waals surface area contributed by atoms with Gasteiger partial charge in [-0.2, -0.15) is 8.78 Å². The van der Waals surface area contributed by atoms with Crippen molar-refractivity contribution in [2.24, 2.45) is 4.99 Å². The molecule has 0 saturated heterocycles. The molecule has 0 saturated carbocycles. The highest BCUT2D eigenvalue weighted by molar-refractivity contribution is 14.0. The summed E-state index contributed by atoms with van der Waals surface area (Å²) in [5.74, 6) is 0.754. The number of benzene rings is 1. The monoisotopic (exact) mass is 482 g/mol. The number of nitrogens with one attached hydrogen (secondary N) is 2. The van der Waals surface area contributed by atoms with Gasteiger partial charge in [-0.1, -0.05) is 18.2 Å². The maximum absolute atomic E-state index is 12.4. The minimum Gasteiger partial charge on any atom is -0.434 e. The Bertz CT molecular complexity index is 682. The van der Waals surface area contributed by atoms with Crippen LogP contribution in [0.3, 0.4) is 0 Å². The summed E-state index contributed by atoms with van der Waals surface area (Å²) < 4.78 is 29.3. The number of nitrogens with zero attached hydrogens (tertiary/aromatic N) is 2. The van der Waals surface area contributed by atoms with Crippen molar-refractivity contribution in [3.05, 3.63) is 45.9 Å². The third-order valence-electron chi connectivity index (χ3n) is 3.16. The van der Waals surface area contributed by atoms with Crippen LogP contribution < -0.4 is 15.4 Å². The van der Waals surface area contributed by atoms with Gasteiger partial charge in [0.2, 0.25) is 0 Å². The fourth-order valence-corrected chi connectivity index (χ4v) is 2.85. The van der Waals surface area contributed by atoms with E-state index in [1.54, 1.807) is 36.6 Å². The van der Waals surface area contributed by atoms with E-state index in [9.17, 15) is 8.78 Å². The number of guanidine groups is 1. The van der Waals surface area contributed by atoms with Crippen LogP contribution >= 0.6 is 35.3 Å². The lowest BCUT2D eigenvalue weighted by molar-refractivity contribution is -0.0504. The van der Waals surface area contributed by atoms with Crippen molar-refractivity contribution in [1.29, 1.82) is 0 Å². The highest BCUT2D eigenvalue weighted by Crippen LogP contribution is 2.19. The molecule has 2 rings (SSSR count). The smallest absolute Gasteiger partial charge is 0.387 e. The molecule has 0 amide bonds. The summed E-state index contributed by atoms with van der Waals surface area (Å²) in [6.45, 7) is 0.194. The molecule has 0 atom stereocenters. The summed E-state index contributed by atoms with van der Waals surface area (Å²) in [4.78, 5) is 9.60. The first-order valence-electron chi connectivity index (χ1n) is 7.47. The van der Waals surface area contributed by atoms with Crippen LogP contribution in [0.25, 0.3) is 0 Å². The van der Waals surface area contributed by atoms with Gasteiger partial charge in [0.25, 0.3) is 0 Å². The van der Waals surface area contributed by atoms with Gasteiger partial charge >= 0.3 is 6.61 Å². The summed E-state index contributed by atoms with van der Waals surface area (Å²) in [7, 11) is 1.66. The number of alkyl halides is 2. The summed E-state index contributed by atoms with van der Waals surface area (Å²) in [5, 5.41) is 7.32. The lowest BCUT2D eigenvalue weighted by Crippen LogP contribution is -2.37. The molecule has 0 aliphatic rings. The Morgan fingerprint density at radius 3 is 2.72 bits per heavy atom. The fraction of sp³-hybridized carbons (Fsp3) is 0.375. The predicted octanol–water partition coefficient (Wildman–Crippen LogP) is 3.58. The van der Waals surface area contributed by atoms with E-state index >= 15 is 0 Å². The van der Waals surface area contributed by atoms with Gasteiger partial charge in [-0.15, -0.1) is 35.3 Å². The molecule has 0 spiro atoms. The number of hydrogen-bond donors (Lipinski definition) is 2. The second-order valence-corrected chi connectivity index (χ2v) is 6.27. The molecule has 1 aromatic carbocycles. The first-order valence-corrected chi connectivity index (χ1v) is 8.28. The van der Waals surface area contributed by atoms with E-state index in [0.29, 0.717) is 24.6 Å². The van der Waals surface area contributed by atoms with Gasteiger partial charge in [0.1, 0.15) is 5.75 Å². The molecular weight excluding hydrogens is 461 g/mol. The van der Waals surface area contributed by atoms with Crippen molar-refractivity contribution in [3.63, 3.8) is 0 Å². The minimum atomic E-state index is -2.84. The van der Waals surface area contributed by atoms with Crippen molar-refractivity contribution in [3.8, 4) is 5.75 Å².